The summed E-state index contributed by atoms with van der Waals surface area (Å²) < 4.78 is 33.6. The molecule has 1 aromatic heterocycles. The number of morpholine rings is 1. The van der Waals surface area contributed by atoms with Crippen molar-refractivity contribution in [2.45, 2.75) is 11.8 Å². The number of nitrogens with zero attached hydrogens (tertiary/aromatic N) is 3. The van der Waals surface area contributed by atoms with Crippen LogP contribution in [0.25, 0.3) is 11.3 Å². The quantitative estimate of drug-likeness (QED) is 0.645. The number of halogens is 1. The van der Waals surface area contributed by atoms with Gasteiger partial charge in [-0.2, -0.15) is 0 Å². The van der Waals surface area contributed by atoms with Crippen molar-refractivity contribution in [2.24, 2.45) is 0 Å². The molecule has 7 nitrogen and oxygen atoms in total. The number of hydrogen-bond acceptors (Lipinski definition) is 6. The normalized spacial score (nSPS) is 14.5. The van der Waals surface area contributed by atoms with Gasteiger partial charge in [-0.05, 0) is 48.9 Å². The van der Waals surface area contributed by atoms with E-state index in [0.29, 0.717) is 35.2 Å². The van der Waals surface area contributed by atoms with Gasteiger partial charge in [0.25, 0.3) is 10.0 Å². The number of nitrogens with one attached hydrogen (secondary N) is 1. The zero-order valence-electron chi connectivity index (χ0n) is 16.4. The van der Waals surface area contributed by atoms with E-state index in [1.807, 2.05) is 18.2 Å². The Morgan fingerprint density at radius 1 is 1.03 bits per heavy atom. The second-order valence-electron chi connectivity index (χ2n) is 6.93. The molecule has 1 saturated heterocycles. The van der Waals surface area contributed by atoms with E-state index in [1.165, 1.54) is 6.07 Å². The summed E-state index contributed by atoms with van der Waals surface area (Å²) in [7, 11) is -3.78. The molecule has 0 radical (unpaired) electrons. The summed E-state index contributed by atoms with van der Waals surface area (Å²) in [6.07, 6.45) is 0. The van der Waals surface area contributed by atoms with Crippen molar-refractivity contribution in [3.05, 3.63) is 65.2 Å². The molecule has 0 aliphatic carbocycles. The fourth-order valence-corrected chi connectivity index (χ4v) is 4.82. The summed E-state index contributed by atoms with van der Waals surface area (Å²) in [5.41, 5.74) is 2.37. The third kappa shape index (κ3) is 4.40. The van der Waals surface area contributed by atoms with E-state index in [9.17, 15) is 8.42 Å². The topological polar surface area (TPSA) is 84.4 Å². The van der Waals surface area contributed by atoms with Crippen LogP contribution >= 0.6 is 11.6 Å². The van der Waals surface area contributed by atoms with Gasteiger partial charge in [0.2, 0.25) is 0 Å². The van der Waals surface area contributed by atoms with Crippen LogP contribution in [0.5, 0.6) is 0 Å². The molecule has 0 saturated carbocycles. The van der Waals surface area contributed by atoms with Gasteiger partial charge in [-0.3, -0.25) is 4.72 Å². The van der Waals surface area contributed by atoms with Crippen LogP contribution in [0.1, 0.15) is 5.56 Å². The molecular formula is C21H21ClN4O3S. The van der Waals surface area contributed by atoms with Gasteiger partial charge >= 0.3 is 0 Å². The lowest BCUT2D eigenvalue weighted by Crippen LogP contribution is -2.36. The lowest BCUT2D eigenvalue weighted by Gasteiger charge is -2.27. The van der Waals surface area contributed by atoms with Crippen LogP contribution in [0.15, 0.2) is 59.5 Å². The summed E-state index contributed by atoms with van der Waals surface area (Å²) in [6, 6.07) is 15.7. The second-order valence-corrected chi connectivity index (χ2v) is 8.98. The van der Waals surface area contributed by atoms with E-state index in [0.717, 1.165) is 24.5 Å². The highest BCUT2D eigenvalue weighted by Gasteiger charge is 2.19. The lowest BCUT2D eigenvalue weighted by molar-refractivity contribution is 0.122. The Morgan fingerprint density at radius 2 is 1.80 bits per heavy atom. The zero-order chi connectivity index (χ0) is 21.1. The molecule has 3 aromatic rings. The standard InChI is InChI=1S/C21H21ClN4O3S/c1-15-18(22)6-3-7-20(15)30(27,28)25-17-5-2-4-16(14-17)19-8-9-21(24-23-19)26-10-12-29-13-11-26/h2-9,14,25H,10-13H2,1H3. The smallest absolute Gasteiger partial charge is 0.262 e. The largest absolute Gasteiger partial charge is 0.378 e. The molecule has 1 aliphatic heterocycles. The minimum Gasteiger partial charge on any atom is -0.378 e. The van der Waals surface area contributed by atoms with E-state index in [-0.39, 0.29) is 4.90 Å². The third-order valence-electron chi connectivity index (χ3n) is 4.90. The summed E-state index contributed by atoms with van der Waals surface area (Å²) in [6.45, 7) is 4.61. The maximum atomic E-state index is 12.8. The SMILES string of the molecule is Cc1c(Cl)cccc1S(=O)(=O)Nc1cccc(-c2ccc(N3CCOCC3)nn2)c1. The van der Waals surface area contributed by atoms with E-state index in [2.05, 4.69) is 19.8 Å². The Kier molecular flexibility index (Phi) is 5.90. The van der Waals surface area contributed by atoms with E-state index in [1.54, 1.807) is 37.3 Å². The Labute approximate surface area is 180 Å². The summed E-state index contributed by atoms with van der Waals surface area (Å²) in [5.74, 6) is 0.801. The lowest BCUT2D eigenvalue weighted by atomic mass is 10.1. The molecule has 0 spiro atoms. The minimum atomic E-state index is -3.78. The molecule has 156 valence electrons. The van der Waals surface area contributed by atoms with Crippen molar-refractivity contribution in [2.75, 3.05) is 35.9 Å². The van der Waals surface area contributed by atoms with Crippen molar-refractivity contribution in [3.63, 3.8) is 0 Å². The zero-order valence-corrected chi connectivity index (χ0v) is 17.9. The van der Waals surface area contributed by atoms with Crippen molar-refractivity contribution in [1.29, 1.82) is 0 Å². The average molecular weight is 445 g/mol. The molecule has 1 N–H and O–H groups in total. The fraction of sp³-hybridized carbons (Fsp3) is 0.238. The maximum Gasteiger partial charge on any atom is 0.262 e. The predicted molar refractivity (Wildman–Crippen MR) is 117 cm³/mol. The number of hydrogen-bond donors (Lipinski definition) is 1. The van der Waals surface area contributed by atoms with Gasteiger partial charge in [0.1, 0.15) is 0 Å². The van der Waals surface area contributed by atoms with Crippen LogP contribution < -0.4 is 9.62 Å². The van der Waals surface area contributed by atoms with E-state index >= 15 is 0 Å². The monoisotopic (exact) mass is 444 g/mol. The van der Waals surface area contributed by atoms with Crippen LogP contribution in [0.4, 0.5) is 11.5 Å². The second kappa shape index (κ2) is 8.59. The predicted octanol–water partition coefficient (Wildman–Crippen LogP) is 3.74. The first-order valence-corrected chi connectivity index (χ1v) is 11.3. The number of rotatable bonds is 5. The van der Waals surface area contributed by atoms with Crippen LogP contribution in [0, 0.1) is 6.92 Å². The van der Waals surface area contributed by atoms with Gasteiger partial charge in [-0.25, -0.2) is 8.42 Å². The van der Waals surface area contributed by atoms with Crippen LogP contribution in [-0.2, 0) is 14.8 Å². The first kappa shape index (κ1) is 20.6. The number of ether oxygens (including phenoxy) is 1. The molecule has 30 heavy (non-hydrogen) atoms. The van der Waals surface area contributed by atoms with Crippen LogP contribution in [0.3, 0.4) is 0 Å². The molecule has 4 rings (SSSR count). The summed E-state index contributed by atoms with van der Waals surface area (Å²) in [4.78, 5) is 2.27. The molecule has 1 aliphatic rings. The highest BCUT2D eigenvalue weighted by molar-refractivity contribution is 7.92. The first-order chi connectivity index (χ1) is 14.4. The Morgan fingerprint density at radius 3 is 2.53 bits per heavy atom. The Bertz CT molecular complexity index is 1150. The van der Waals surface area contributed by atoms with Gasteiger partial charge in [0.15, 0.2) is 5.82 Å². The first-order valence-electron chi connectivity index (χ1n) is 9.49. The van der Waals surface area contributed by atoms with E-state index < -0.39 is 10.0 Å². The highest BCUT2D eigenvalue weighted by atomic mass is 35.5. The van der Waals surface area contributed by atoms with Crippen molar-refractivity contribution < 1.29 is 13.2 Å². The van der Waals surface area contributed by atoms with Gasteiger partial charge in [0.05, 0.1) is 23.8 Å². The minimum absolute atomic E-state index is 0.148. The van der Waals surface area contributed by atoms with Gasteiger partial charge in [-0.1, -0.05) is 29.8 Å². The average Bonchev–Trinajstić information content (AvgIpc) is 2.76. The maximum absolute atomic E-state index is 12.8. The molecule has 0 amide bonds. The third-order valence-corrected chi connectivity index (χ3v) is 6.84. The number of sulfonamides is 1. The van der Waals surface area contributed by atoms with Crippen LogP contribution in [0.2, 0.25) is 5.02 Å². The summed E-state index contributed by atoms with van der Waals surface area (Å²) in [5, 5.41) is 9.04. The molecule has 2 aromatic carbocycles. The highest BCUT2D eigenvalue weighted by Crippen LogP contribution is 2.27. The van der Waals surface area contributed by atoms with E-state index in [4.69, 9.17) is 16.3 Å². The van der Waals surface area contributed by atoms with Crippen molar-refractivity contribution >= 4 is 33.1 Å². The Hall–Kier alpha value is -2.68. The number of aromatic nitrogens is 2. The van der Waals surface area contributed by atoms with Gasteiger partial charge < -0.3 is 9.64 Å². The van der Waals surface area contributed by atoms with Crippen molar-refractivity contribution in [3.8, 4) is 11.3 Å². The van der Waals surface area contributed by atoms with Gasteiger partial charge in [0, 0.05) is 29.4 Å². The van der Waals surface area contributed by atoms with Crippen molar-refractivity contribution in [1.82, 2.24) is 10.2 Å². The molecular weight excluding hydrogens is 424 g/mol. The van der Waals surface area contributed by atoms with Crippen LogP contribution in [-0.4, -0.2) is 44.9 Å². The fourth-order valence-electron chi connectivity index (χ4n) is 3.27. The molecule has 9 heteroatoms. The molecule has 1 fully saturated rings. The Balaban J connectivity index is 1.56. The van der Waals surface area contributed by atoms with Gasteiger partial charge in [-0.15, -0.1) is 10.2 Å². The molecule has 0 atom stereocenters. The number of benzene rings is 2. The summed E-state index contributed by atoms with van der Waals surface area (Å²) >= 11 is 6.08. The molecule has 0 bridgehead atoms. The molecule has 2 heterocycles. The molecule has 0 unspecified atom stereocenters. The number of anilines is 2.